The molecular formula is C14H12BrClFNO2S. The van der Waals surface area contributed by atoms with E-state index in [1.165, 1.54) is 25.2 Å². The van der Waals surface area contributed by atoms with Gasteiger partial charge in [-0.05, 0) is 24.3 Å². The van der Waals surface area contributed by atoms with Crippen molar-refractivity contribution in [2.24, 2.45) is 0 Å². The first kappa shape index (κ1) is 16.4. The van der Waals surface area contributed by atoms with Crippen molar-refractivity contribution in [3.05, 3.63) is 63.3 Å². The average molecular weight is 393 g/mol. The summed E-state index contributed by atoms with van der Waals surface area (Å²) < 4.78 is 40.3. The maximum atomic E-state index is 13.6. The molecule has 0 saturated heterocycles. The third-order valence-corrected chi connectivity index (χ3v) is 5.71. The Hall–Kier alpha value is -0.950. The number of sulfonamides is 1. The molecule has 7 heteroatoms. The topological polar surface area (TPSA) is 37.4 Å². The molecule has 0 bridgehead atoms. The summed E-state index contributed by atoms with van der Waals surface area (Å²) >= 11 is 9.20. The highest BCUT2D eigenvalue weighted by Crippen LogP contribution is 2.28. The molecule has 0 aliphatic heterocycles. The van der Waals surface area contributed by atoms with Gasteiger partial charge in [-0.3, -0.25) is 0 Å². The molecule has 3 nitrogen and oxygen atoms in total. The molecule has 0 saturated carbocycles. The molecule has 112 valence electrons. The molecule has 0 fully saturated rings. The van der Waals surface area contributed by atoms with Crippen LogP contribution in [0.25, 0.3) is 0 Å². The van der Waals surface area contributed by atoms with Gasteiger partial charge < -0.3 is 0 Å². The van der Waals surface area contributed by atoms with Gasteiger partial charge >= 0.3 is 0 Å². The number of nitrogens with zero attached hydrogens (tertiary/aromatic N) is 1. The third-order valence-electron chi connectivity index (χ3n) is 2.93. The van der Waals surface area contributed by atoms with Crippen LogP contribution >= 0.6 is 27.5 Å². The summed E-state index contributed by atoms with van der Waals surface area (Å²) in [5.74, 6) is -0.443. The monoisotopic (exact) mass is 391 g/mol. The number of rotatable bonds is 4. The second-order valence-electron chi connectivity index (χ2n) is 4.43. The fourth-order valence-electron chi connectivity index (χ4n) is 1.80. The lowest BCUT2D eigenvalue weighted by atomic mass is 10.2. The van der Waals surface area contributed by atoms with Crippen molar-refractivity contribution in [2.75, 3.05) is 7.05 Å². The highest BCUT2D eigenvalue weighted by atomic mass is 79.9. The van der Waals surface area contributed by atoms with Gasteiger partial charge in [0.2, 0.25) is 10.0 Å². The second-order valence-corrected chi connectivity index (χ2v) is 7.76. The maximum Gasteiger partial charge on any atom is 0.244 e. The van der Waals surface area contributed by atoms with E-state index < -0.39 is 15.8 Å². The van der Waals surface area contributed by atoms with Crippen molar-refractivity contribution in [1.29, 1.82) is 0 Å². The molecule has 0 aliphatic rings. The molecule has 0 atom stereocenters. The number of hydrogen-bond donors (Lipinski definition) is 0. The van der Waals surface area contributed by atoms with E-state index in [-0.39, 0.29) is 16.5 Å². The normalized spacial score (nSPS) is 11.9. The first-order chi connectivity index (χ1) is 9.82. The van der Waals surface area contributed by atoms with Gasteiger partial charge in [-0.25, -0.2) is 12.8 Å². The predicted molar refractivity (Wildman–Crippen MR) is 84.2 cm³/mol. The molecule has 2 aromatic carbocycles. The molecule has 0 aromatic heterocycles. The summed E-state index contributed by atoms with van der Waals surface area (Å²) in [4.78, 5) is -0.00814. The van der Waals surface area contributed by atoms with Crippen LogP contribution in [0.5, 0.6) is 0 Å². The summed E-state index contributed by atoms with van der Waals surface area (Å²) in [5.41, 5.74) is 0.303. The Balaban J connectivity index is 2.33. The van der Waals surface area contributed by atoms with E-state index in [0.717, 1.165) is 4.31 Å². The molecular weight excluding hydrogens is 381 g/mol. The van der Waals surface area contributed by atoms with Crippen molar-refractivity contribution >= 4 is 37.6 Å². The number of benzene rings is 2. The smallest absolute Gasteiger partial charge is 0.207 e. The van der Waals surface area contributed by atoms with Crippen LogP contribution in [0.15, 0.2) is 51.8 Å². The highest BCUT2D eigenvalue weighted by Gasteiger charge is 2.24. The average Bonchev–Trinajstić information content (AvgIpc) is 2.40. The summed E-state index contributed by atoms with van der Waals surface area (Å²) in [6, 6.07) is 10.6. The standard InChI is InChI=1S/C14H12BrClFNO2S/c1-18(9-10-4-2-3-5-13(10)17)21(19,20)14-7-6-11(15)8-12(14)16/h2-8H,9H2,1H3. The summed E-state index contributed by atoms with van der Waals surface area (Å²) in [7, 11) is -2.40. The van der Waals surface area contributed by atoms with Gasteiger partial charge in [0.15, 0.2) is 0 Å². The molecule has 2 aromatic rings. The lowest BCUT2D eigenvalue weighted by Crippen LogP contribution is -2.27. The Morgan fingerprint density at radius 1 is 1.24 bits per heavy atom. The van der Waals surface area contributed by atoms with E-state index in [9.17, 15) is 12.8 Å². The van der Waals surface area contributed by atoms with Crippen molar-refractivity contribution in [2.45, 2.75) is 11.4 Å². The SMILES string of the molecule is CN(Cc1ccccc1F)S(=O)(=O)c1ccc(Br)cc1Cl. The number of hydrogen-bond acceptors (Lipinski definition) is 2. The molecule has 0 aliphatic carbocycles. The van der Waals surface area contributed by atoms with Crippen LogP contribution in [-0.2, 0) is 16.6 Å². The molecule has 0 radical (unpaired) electrons. The zero-order chi connectivity index (χ0) is 15.6. The first-order valence-electron chi connectivity index (χ1n) is 5.97. The maximum absolute atomic E-state index is 13.6. The lowest BCUT2D eigenvalue weighted by molar-refractivity contribution is 0.456. The lowest BCUT2D eigenvalue weighted by Gasteiger charge is -2.18. The van der Waals surface area contributed by atoms with E-state index in [1.54, 1.807) is 24.3 Å². The van der Waals surface area contributed by atoms with E-state index in [0.29, 0.717) is 10.0 Å². The fraction of sp³-hybridized carbons (Fsp3) is 0.143. The molecule has 0 spiro atoms. The van der Waals surface area contributed by atoms with Gasteiger partial charge in [-0.15, -0.1) is 0 Å². The minimum atomic E-state index is -3.79. The summed E-state index contributed by atoms with van der Waals surface area (Å²) in [6.45, 7) is -0.0681. The zero-order valence-corrected chi connectivity index (χ0v) is 14.2. The second kappa shape index (κ2) is 6.44. The molecule has 0 unspecified atom stereocenters. The van der Waals surface area contributed by atoms with Crippen LogP contribution in [0.4, 0.5) is 4.39 Å². The van der Waals surface area contributed by atoms with Crippen LogP contribution < -0.4 is 0 Å². The molecule has 0 N–H and O–H groups in total. The van der Waals surface area contributed by atoms with E-state index in [1.807, 2.05) is 0 Å². The Morgan fingerprint density at radius 3 is 2.52 bits per heavy atom. The summed E-state index contributed by atoms with van der Waals surface area (Å²) in [5, 5.41) is 0.116. The van der Waals surface area contributed by atoms with Crippen LogP contribution in [0.3, 0.4) is 0 Å². The van der Waals surface area contributed by atoms with Crippen LogP contribution in [0, 0.1) is 5.82 Å². The van der Waals surface area contributed by atoms with Crippen molar-refractivity contribution in [3.8, 4) is 0 Å². The van der Waals surface area contributed by atoms with Crippen LogP contribution in [0.2, 0.25) is 5.02 Å². The van der Waals surface area contributed by atoms with Crippen molar-refractivity contribution in [1.82, 2.24) is 4.31 Å². The van der Waals surface area contributed by atoms with Crippen molar-refractivity contribution < 1.29 is 12.8 Å². The van der Waals surface area contributed by atoms with Gasteiger partial charge in [0.05, 0.1) is 5.02 Å². The fourth-order valence-corrected chi connectivity index (χ4v) is 3.96. The minimum Gasteiger partial charge on any atom is -0.207 e. The highest BCUT2D eigenvalue weighted by molar-refractivity contribution is 9.10. The third kappa shape index (κ3) is 3.63. The molecule has 2 rings (SSSR count). The molecule has 21 heavy (non-hydrogen) atoms. The van der Waals surface area contributed by atoms with Gasteiger partial charge in [-0.1, -0.05) is 45.7 Å². The van der Waals surface area contributed by atoms with Gasteiger partial charge in [-0.2, -0.15) is 4.31 Å². The zero-order valence-electron chi connectivity index (χ0n) is 11.1. The van der Waals surface area contributed by atoms with Gasteiger partial charge in [0, 0.05) is 23.6 Å². The van der Waals surface area contributed by atoms with E-state index in [2.05, 4.69) is 15.9 Å². The Bertz CT molecular complexity index is 767. The van der Waals surface area contributed by atoms with Gasteiger partial charge in [0.1, 0.15) is 10.7 Å². The quantitative estimate of drug-likeness (QED) is 0.787. The Kier molecular flexibility index (Phi) is 5.03. The minimum absolute atomic E-state index is 0.00814. The van der Waals surface area contributed by atoms with Crippen LogP contribution in [-0.4, -0.2) is 19.8 Å². The Labute approximate surface area is 136 Å². The van der Waals surface area contributed by atoms with E-state index in [4.69, 9.17) is 11.6 Å². The Morgan fingerprint density at radius 2 is 1.90 bits per heavy atom. The van der Waals surface area contributed by atoms with Crippen molar-refractivity contribution in [3.63, 3.8) is 0 Å². The number of halogens is 3. The predicted octanol–water partition coefficient (Wildman–Crippen LogP) is 4.06. The summed E-state index contributed by atoms with van der Waals surface area (Å²) in [6.07, 6.45) is 0. The first-order valence-corrected chi connectivity index (χ1v) is 8.58. The van der Waals surface area contributed by atoms with Gasteiger partial charge in [0.25, 0.3) is 0 Å². The molecule has 0 heterocycles. The molecule has 0 amide bonds. The van der Waals surface area contributed by atoms with Crippen LogP contribution in [0.1, 0.15) is 5.56 Å². The largest absolute Gasteiger partial charge is 0.244 e. The van der Waals surface area contributed by atoms with E-state index >= 15 is 0 Å².